The van der Waals surface area contributed by atoms with Crippen LogP contribution in [0.15, 0.2) is 0 Å². The van der Waals surface area contributed by atoms with E-state index in [1.54, 1.807) is 0 Å². The average Bonchev–Trinajstić information content (AvgIpc) is 2.96. The van der Waals surface area contributed by atoms with Crippen LogP contribution in [0.1, 0.15) is 19.8 Å². The van der Waals surface area contributed by atoms with Crippen molar-refractivity contribution in [1.82, 2.24) is 15.0 Å². The van der Waals surface area contributed by atoms with Gasteiger partial charge in [0, 0.05) is 19.1 Å². The molecular formula is C12H20N4O3. The van der Waals surface area contributed by atoms with Crippen LogP contribution in [0.5, 0.6) is 12.0 Å². The molecule has 0 radical (unpaired) electrons. The van der Waals surface area contributed by atoms with Gasteiger partial charge in [-0.15, -0.1) is 4.98 Å². The zero-order valence-electron chi connectivity index (χ0n) is 11.4. The summed E-state index contributed by atoms with van der Waals surface area (Å²) in [6.45, 7) is 4.97. The molecule has 1 aliphatic heterocycles. The summed E-state index contributed by atoms with van der Waals surface area (Å²) in [6.07, 6.45) is 2.01. The van der Waals surface area contributed by atoms with Crippen molar-refractivity contribution in [2.75, 3.05) is 38.8 Å². The fourth-order valence-corrected chi connectivity index (χ4v) is 1.72. The van der Waals surface area contributed by atoms with Crippen LogP contribution in [0.25, 0.3) is 0 Å². The number of aromatic nitrogens is 3. The number of hydrogen-bond acceptors (Lipinski definition) is 7. The van der Waals surface area contributed by atoms with Gasteiger partial charge in [-0.1, -0.05) is 6.92 Å². The van der Waals surface area contributed by atoms with Gasteiger partial charge in [0.05, 0.1) is 20.3 Å². The van der Waals surface area contributed by atoms with E-state index in [9.17, 15) is 0 Å². The molecule has 0 bridgehead atoms. The third-order valence-electron chi connectivity index (χ3n) is 2.78. The molecule has 0 aromatic carbocycles. The Bertz CT molecular complexity index is 397. The van der Waals surface area contributed by atoms with Gasteiger partial charge in [0.1, 0.15) is 0 Å². The number of ether oxygens (including phenoxy) is 3. The van der Waals surface area contributed by atoms with Crippen molar-refractivity contribution in [2.24, 2.45) is 5.92 Å². The van der Waals surface area contributed by atoms with Gasteiger partial charge in [-0.3, -0.25) is 0 Å². The van der Waals surface area contributed by atoms with Crippen LogP contribution in [0.2, 0.25) is 0 Å². The Morgan fingerprint density at radius 2 is 2.16 bits per heavy atom. The molecule has 1 unspecified atom stereocenters. The van der Waals surface area contributed by atoms with Crippen LogP contribution < -0.4 is 14.8 Å². The number of rotatable bonds is 7. The third-order valence-corrected chi connectivity index (χ3v) is 2.78. The van der Waals surface area contributed by atoms with Gasteiger partial charge in [0.25, 0.3) is 0 Å². The molecule has 7 heteroatoms. The van der Waals surface area contributed by atoms with E-state index >= 15 is 0 Å². The summed E-state index contributed by atoms with van der Waals surface area (Å²) in [7, 11) is 1.52. The minimum Gasteiger partial charge on any atom is -0.467 e. The van der Waals surface area contributed by atoms with E-state index in [0.29, 0.717) is 18.5 Å². The first kappa shape index (κ1) is 13.8. The SMILES string of the molecule is CCCNc1nc(OC)nc(OCC2CCOC2)n1. The Hall–Kier alpha value is -1.63. The lowest BCUT2D eigenvalue weighted by molar-refractivity contribution is 0.163. The molecule has 0 amide bonds. The zero-order valence-corrected chi connectivity index (χ0v) is 11.4. The summed E-state index contributed by atoms with van der Waals surface area (Å²) in [6, 6.07) is 0.545. The smallest absolute Gasteiger partial charge is 0.324 e. The second-order valence-corrected chi connectivity index (χ2v) is 4.40. The van der Waals surface area contributed by atoms with Gasteiger partial charge in [0.2, 0.25) is 5.95 Å². The Labute approximate surface area is 112 Å². The monoisotopic (exact) mass is 268 g/mol. The first-order valence-electron chi connectivity index (χ1n) is 6.56. The van der Waals surface area contributed by atoms with E-state index in [2.05, 4.69) is 27.2 Å². The van der Waals surface area contributed by atoms with Crippen molar-refractivity contribution in [3.05, 3.63) is 0 Å². The van der Waals surface area contributed by atoms with Crippen molar-refractivity contribution in [3.63, 3.8) is 0 Å². The average molecular weight is 268 g/mol. The summed E-state index contributed by atoms with van der Waals surface area (Å²) in [5.74, 6) is 0.890. The molecule has 1 aromatic rings. The summed E-state index contributed by atoms with van der Waals surface area (Å²) >= 11 is 0. The Morgan fingerprint density at radius 1 is 1.32 bits per heavy atom. The number of nitrogens with one attached hydrogen (secondary N) is 1. The Morgan fingerprint density at radius 3 is 2.84 bits per heavy atom. The maximum absolute atomic E-state index is 5.59. The van der Waals surface area contributed by atoms with Crippen molar-refractivity contribution < 1.29 is 14.2 Å². The fraction of sp³-hybridized carbons (Fsp3) is 0.750. The highest BCUT2D eigenvalue weighted by molar-refractivity contribution is 5.27. The molecule has 0 spiro atoms. The van der Waals surface area contributed by atoms with E-state index in [4.69, 9.17) is 14.2 Å². The number of methoxy groups -OCH3 is 1. The van der Waals surface area contributed by atoms with Crippen molar-refractivity contribution in [2.45, 2.75) is 19.8 Å². The molecule has 1 fully saturated rings. The Kier molecular flexibility index (Phi) is 5.14. The number of anilines is 1. The van der Waals surface area contributed by atoms with Crippen molar-refractivity contribution in [3.8, 4) is 12.0 Å². The maximum Gasteiger partial charge on any atom is 0.324 e. The summed E-state index contributed by atoms with van der Waals surface area (Å²) in [5.41, 5.74) is 0. The molecule has 0 saturated carbocycles. The van der Waals surface area contributed by atoms with Gasteiger partial charge < -0.3 is 19.5 Å². The van der Waals surface area contributed by atoms with Gasteiger partial charge in [0.15, 0.2) is 0 Å². The highest BCUT2D eigenvalue weighted by atomic mass is 16.5. The van der Waals surface area contributed by atoms with Crippen LogP contribution in [-0.2, 0) is 4.74 Å². The summed E-state index contributed by atoms with van der Waals surface area (Å²) in [5, 5.41) is 3.09. The predicted octanol–water partition coefficient (Wildman–Crippen LogP) is 1.12. The summed E-state index contributed by atoms with van der Waals surface area (Å²) in [4.78, 5) is 12.4. The first-order chi connectivity index (χ1) is 9.31. The topological polar surface area (TPSA) is 78.4 Å². The van der Waals surface area contributed by atoms with Gasteiger partial charge in [-0.05, 0) is 12.8 Å². The Balaban J connectivity index is 1.96. The van der Waals surface area contributed by atoms with Gasteiger partial charge in [-0.25, -0.2) is 0 Å². The molecule has 7 nitrogen and oxygen atoms in total. The molecule has 1 atom stereocenters. The highest BCUT2D eigenvalue weighted by Gasteiger charge is 2.17. The van der Waals surface area contributed by atoms with E-state index in [1.807, 2.05) is 0 Å². The molecule has 1 N–H and O–H groups in total. The largest absolute Gasteiger partial charge is 0.467 e. The van der Waals surface area contributed by atoms with E-state index in [1.165, 1.54) is 7.11 Å². The van der Waals surface area contributed by atoms with Gasteiger partial charge in [-0.2, -0.15) is 9.97 Å². The predicted molar refractivity (Wildman–Crippen MR) is 69.6 cm³/mol. The van der Waals surface area contributed by atoms with E-state index < -0.39 is 0 Å². The molecule has 106 valence electrons. The summed E-state index contributed by atoms with van der Waals surface area (Å²) < 4.78 is 15.9. The maximum atomic E-state index is 5.59. The molecule has 2 rings (SSSR count). The molecule has 0 aliphatic carbocycles. The quantitative estimate of drug-likeness (QED) is 0.793. The minimum atomic E-state index is 0.256. The van der Waals surface area contributed by atoms with Crippen molar-refractivity contribution >= 4 is 5.95 Å². The third kappa shape index (κ3) is 4.20. The van der Waals surface area contributed by atoms with Crippen LogP contribution in [0.3, 0.4) is 0 Å². The second-order valence-electron chi connectivity index (χ2n) is 4.40. The van der Waals surface area contributed by atoms with Crippen molar-refractivity contribution in [1.29, 1.82) is 0 Å². The lowest BCUT2D eigenvalue weighted by Crippen LogP contribution is -2.14. The van der Waals surface area contributed by atoms with Crippen LogP contribution in [-0.4, -0.2) is 48.4 Å². The minimum absolute atomic E-state index is 0.256. The molecule has 19 heavy (non-hydrogen) atoms. The highest BCUT2D eigenvalue weighted by Crippen LogP contribution is 2.16. The lowest BCUT2D eigenvalue weighted by Gasteiger charge is -2.10. The first-order valence-corrected chi connectivity index (χ1v) is 6.56. The lowest BCUT2D eigenvalue weighted by atomic mass is 10.1. The zero-order chi connectivity index (χ0) is 13.5. The normalized spacial score (nSPS) is 18.3. The number of nitrogens with zero attached hydrogens (tertiary/aromatic N) is 3. The van der Waals surface area contributed by atoms with E-state index in [0.717, 1.165) is 32.6 Å². The molecule has 1 aromatic heterocycles. The number of hydrogen-bond donors (Lipinski definition) is 1. The fourth-order valence-electron chi connectivity index (χ4n) is 1.72. The van der Waals surface area contributed by atoms with E-state index in [-0.39, 0.29) is 12.0 Å². The molecule has 1 aliphatic rings. The van der Waals surface area contributed by atoms with Gasteiger partial charge >= 0.3 is 12.0 Å². The molecule has 2 heterocycles. The van der Waals surface area contributed by atoms with Crippen LogP contribution >= 0.6 is 0 Å². The molecule has 1 saturated heterocycles. The second kappa shape index (κ2) is 7.08. The standard InChI is InChI=1S/C12H20N4O3/c1-3-5-13-10-14-11(17-2)16-12(15-10)19-8-9-4-6-18-7-9/h9H,3-8H2,1-2H3,(H,13,14,15,16). The van der Waals surface area contributed by atoms with Crippen LogP contribution in [0.4, 0.5) is 5.95 Å². The molecular weight excluding hydrogens is 248 g/mol. The van der Waals surface area contributed by atoms with Crippen LogP contribution in [0, 0.1) is 5.92 Å².